The van der Waals surface area contributed by atoms with Crippen LogP contribution in [0.3, 0.4) is 0 Å². The number of aliphatic hydroxyl groups excluding tert-OH is 1. The molecular weight excluding hydrogens is 458 g/mol. The summed E-state index contributed by atoms with van der Waals surface area (Å²) in [7, 11) is 0. The Labute approximate surface area is 210 Å². The molecule has 0 spiro atoms. The minimum absolute atomic E-state index is 0.0277. The highest BCUT2D eigenvalue weighted by atomic mass is 16.6. The van der Waals surface area contributed by atoms with Crippen molar-refractivity contribution in [3.05, 3.63) is 86.8 Å². The number of carbonyl (C=O) groups is 1. The van der Waals surface area contributed by atoms with E-state index in [0.717, 1.165) is 38.3 Å². The lowest BCUT2D eigenvalue weighted by atomic mass is 9.88. The standard InChI is InChI=1S/C29H31NO6/c1-18-14-23-26(16-19(18)2)36-27-17-25(30)20(3)15-24(27)28(23)21-6-4-5-7-22(21)29(32)35-13-12-34-11-10-33-9-8-31/h4-7,14-17,31H,2,8-13,30H2,1,3H3. The van der Waals surface area contributed by atoms with Crippen LogP contribution in [-0.2, 0) is 14.2 Å². The molecule has 0 saturated heterocycles. The van der Waals surface area contributed by atoms with E-state index < -0.39 is 5.97 Å². The maximum absolute atomic E-state index is 13.1. The van der Waals surface area contributed by atoms with E-state index in [1.165, 1.54) is 0 Å². The van der Waals surface area contributed by atoms with Crippen molar-refractivity contribution in [2.75, 3.05) is 45.4 Å². The Morgan fingerprint density at radius 2 is 1.64 bits per heavy atom. The normalized spacial score (nSPS) is 12.0. The van der Waals surface area contributed by atoms with Gasteiger partial charge in [-0.25, -0.2) is 4.79 Å². The van der Waals surface area contributed by atoms with Gasteiger partial charge in [0, 0.05) is 28.1 Å². The average Bonchev–Trinajstić information content (AvgIpc) is 2.86. The summed E-state index contributed by atoms with van der Waals surface area (Å²) in [5.74, 6) is 0.852. The van der Waals surface area contributed by atoms with E-state index in [2.05, 4.69) is 6.58 Å². The molecule has 0 atom stereocenters. The number of carbonyl (C=O) groups excluding carboxylic acids is 1. The number of nitrogens with two attached hydrogens (primary N) is 1. The number of aliphatic hydroxyl groups is 1. The Kier molecular flexibility index (Phi) is 8.05. The first-order valence-corrected chi connectivity index (χ1v) is 11.9. The van der Waals surface area contributed by atoms with Crippen LogP contribution >= 0.6 is 0 Å². The first kappa shape index (κ1) is 25.4. The van der Waals surface area contributed by atoms with Gasteiger partial charge in [0.2, 0.25) is 0 Å². The molecule has 3 aromatic rings. The van der Waals surface area contributed by atoms with Crippen molar-refractivity contribution in [3.63, 3.8) is 0 Å². The maximum atomic E-state index is 13.1. The number of benzene rings is 3. The van der Waals surface area contributed by atoms with Gasteiger partial charge in [0.1, 0.15) is 18.1 Å². The van der Waals surface area contributed by atoms with Crippen molar-refractivity contribution in [1.29, 1.82) is 0 Å². The second kappa shape index (κ2) is 11.4. The summed E-state index contributed by atoms with van der Waals surface area (Å²) in [5.41, 5.74) is 11.7. The van der Waals surface area contributed by atoms with Crippen LogP contribution in [0.25, 0.3) is 12.2 Å². The van der Waals surface area contributed by atoms with Crippen LogP contribution in [0.2, 0.25) is 0 Å². The molecule has 1 aliphatic heterocycles. The van der Waals surface area contributed by atoms with Gasteiger partial charge < -0.3 is 29.8 Å². The third-order valence-corrected chi connectivity index (χ3v) is 6.05. The predicted octanol–water partition coefficient (Wildman–Crippen LogP) is 2.83. The highest BCUT2D eigenvalue weighted by molar-refractivity contribution is 5.99. The van der Waals surface area contributed by atoms with Gasteiger partial charge in [-0.2, -0.15) is 0 Å². The lowest BCUT2D eigenvalue weighted by Crippen LogP contribution is -2.23. The van der Waals surface area contributed by atoms with Crippen LogP contribution in [0.15, 0.2) is 48.5 Å². The first-order valence-electron chi connectivity index (χ1n) is 11.9. The zero-order valence-electron chi connectivity index (χ0n) is 20.6. The number of hydrogen-bond donors (Lipinski definition) is 2. The molecule has 7 heteroatoms. The molecule has 0 aliphatic carbocycles. The van der Waals surface area contributed by atoms with Gasteiger partial charge in [-0.05, 0) is 60.0 Å². The Hall–Kier alpha value is -3.65. The van der Waals surface area contributed by atoms with Crippen molar-refractivity contribution in [2.45, 2.75) is 13.8 Å². The number of rotatable bonds is 10. The molecule has 3 N–H and O–H groups in total. The summed E-state index contributed by atoms with van der Waals surface area (Å²) < 4.78 is 22.3. The Balaban J connectivity index is 1.68. The second-order valence-electron chi connectivity index (χ2n) is 8.59. The summed E-state index contributed by atoms with van der Waals surface area (Å²) in [4.78, 5) is 13.1. The number of hydrogen-bond acceptors (Lipinski definition) is 7. The fraction of sp³-hybridized carbons (Fsp3) is 0.276. The monoisotopic (exact) mass is 489 g/mol. The van der Waals surface area contributed by atoms with Gasteiger partial charge in [-0.3, -0.25) is 0 Å². The molecule has 0 aromatic heterocycles. The molecule has 1 aliphatic rings. The highest BCUT2D eigenvalue weighted by Gasteiger charge is 2.25. The van der Waals surface area contributed by atoms with E-state index in [-0.39, 0.29) is 26.4 Å². The lowest BCUT2D eigenvalue weighted by Gasteiger charge is -2.24. The molecular formula is C29H31NO6. The van der Waals surface area contributed by atoms with Crippen molar-refractivity contribution < 1.29 is 28.8 Å². The second-order valence-corrected chi connectivity index (χ2v) is 8.59. The van der Waals surface area contributed by atoms with E-state index in [4.69, 9.17) is 29.8 Å². The van der Waals surface area contributed by atoms with Gasteiger partial charge in [0.15, 0.2) is 0 Å². The van der Waals surface area contributed by atoms with Crippen LogP contribution in [0.5, 0.6) is 11.5 Å². The van der Waals surface area contributed by atoms with Gasteiger partial charge >= 0.3 is 5.97 Å². The molecule has 3 aromatic carbocycles. The average molecular weight is 490 g/mol. The number of esters is 1. The summed E-state index contributed by atoms with van der Waals surface area (Å²) in [5, 5.41) is 10.5. The highest BCUT2D eigenvalue weighted by Crippen LogP contribution is 2.39. The number of anilines is 1. The quantitative estimate of drug-likeness (QED) is 0.201. The van der Waals surface area contributed by atoms with Crippen LogP contribution in [0, 0.1) is 13.8 Å². The molecule has 7 nitrogen and oxygen atoms in total. The molecule has 4 rings (SSSR count). The maximum Gasteiger partial charge on any atom is 0.338 e. The molecule has 0 radical (unpaired) electrons. The lowest BCUT2D eigenvalue weighted by molar-refractivity contribution is 0.00918. The van der Waals surface area contributed by atoms with Gasteiger partial charge in [-0.1, -0.05) is 24.8 Å². The van der Waals surface area contributed by atoms with Gasteiger partial charge in [-0.15, -0.1) is 0 Å². The van der Waals surface area contributed by atoms with Gasteiger partial charge in [0.05, 0.1) is 38.6 Å². The fourth-order valence-electron chi connectivity index (χ4n) is 4.08. The smallest absolute Gasteiger partial charge is 0.338 e. The Morgan fingerprint density at radius 3 is 2.42 bits per heavy atom. The van der Waals surface area contributed by atoms with Crippen molar-refractivity contribution in [3.8, 4) is 11.5 Å². The number of nitrogen functional groups attached to an aromatic ring is 1. The molecule has 188 valence electrons. The number of aryl methyl sites for hydroxylation is 2. The first-order chi connectivity index (χ1) is 17.4. The van der Waals surface area contributed by atoms with Gasteiger partial charge in [0.25, 0.3) is 0 Å². The molecule has 0 fully saturated rings. The van der Waals surface area contributed by atoms with Crippen molar-refractivity contribution in [2.24, 2.45) is 0 Å². The zero-order valence-corrected chi connectivity index (χ0v) is 20.6. The van der Waals surface area contributed by atoms with E-state index in [0.29, 0.717) is 36.0 Å². The minimum Gasteiger partial charge on any atom is -0.460 e. The molecule has 0 bridgehead atoms. The van der Waals surface area contributed by atoms with E-state index in [1.54, 1.807) is 6.07 Å². The van der Waals surface area contributed by atoms with E-state index in [9.17, 15) is 4.79 Å². The van der Waals surface area contributed by atoms with Crippen molar-refractivity contribution in [1.82, 2.24) is 0 Å². The Morgan fingerprint density at radius 1 is 0.917 bits per heavy atom. The van der Waals surface area contributed by atoms with Crippen LogP contribution in [-0.4, -0.2) is 50.7 Å². The van der Waals surface area contributed by atoms with E-state index in [1.807, 2.05) is 56.3 Å². The zero-order chi connectivity index (χ0) is 25.7. The Bertz CT molecular complexity index is 1380. The fourth-order valence-corrected chi connectivity index (χ4v) is 4.08. The van der Waals surface area contributed by atoms with Crippen LogP contribution in [0.1, 0.15) is 32.6 Å². The van der Waals surface area contributed by atoms with Crippen molar-refractivity contribution >= 4 is 23.8 Å². The third-order valence-electron chi connectivity index (χ3n) is 6.05. The number of ether oxygens (including phenoxy) is 4. The predicted molar refractivity (Wildman–Crippen MR) is 139 cm³/mol. The summed E-state index contributed by atoms with van der Waals surface area (Å²) >= 11 is 0. The molecule has 0 saturated carbocycles. The third kappa shape index (κ3) is 5.44. The molecule has 0 amide bonds. The molecule has 0 unspecified atom stereocenters. The minimum atomic E-state index is -0.439. The number of fused-ring (bicyclic) bond motifs is 2. The molecule has 1 heterocycles. The molecule has 36 heavy (non-hydrogen) atoms. The summed E-state index contributed by atoms with van der Waals surface area (Å²) in [6.45, 7) is 9.38. The topological polar surface area (TPSA) is 100 Å². The largest absolute Gasteiger partial charge is 0.460 e. The van der Waals surface area contributed by atoms with E-state index >= 15 is 0 Å². The van der Waals surface area contributed by atoms with Crippen LogP contribution < -0.4 is 20.9 Å². The summed E-state index contributed by atoms with van der Waals surface area (Å²) in [6.07, 6.45) is 0. The SMILES string of the molecule is C=c1cc2c(cc1C)=C(c1ccccc1C(=O)OCCOCCOCCO)c1cc(C)c(N)cc1O2. The summed E-state index contributed by atoms with van der Waals surface area (Å²) in [6, 6.07) is 15.1. The van der Waals surface area contributed by atoms with Crippen LogP contribution in [0.4, 0.5) is 5.69 Å².